The molecule has 0 atom stereocenters. The molecule has 1 aromatic carbocycles. The Labute approximate surface area is 146 Å². The van der Waals surface area contributed by atoms with Gasteiger partial charge in [0, 0.05) is 28.2 Å². The average molecular weight is 352 g/mol. The molecule has 3 aromatic heterocycles. The number of pyridine rings is 1. The van der Waals surface area contributed by atoms with Crippen LogP contribution in [-0.2, 0) is 0 Å². The second-order valence-corrected chi connectivity index (χ2v) is 7.39. The van der Waals surface area contributed by atoms with Gasteiger partial charge in [-0.25, -0.2) is 9.78 Å². The molecule has 3 heterocycles. The van der Waals surface area contributed by atoms with Gasteiger partial charge in [-0.3, -0.25) is 4.98 Å². The van der Waals surface area contributed by atoms with Gasteiger partial charge in [-0.05, 0) is 24.4 Å². The number of aromatic nitrogens is 2. The third-order valence-corrected chi connectivity index (χ3v) is 6.17. The Bertz CT molecular complexity index is 1060. The number of nitrogens with zero attached hydrogens (tertiary/aromatic N) is 2. The molecule has 0 saturated carbocycles. The summed E-state index contributed by atoms with van der Waals surface area (Å²) in [5.41, 5.74) is 1.64. The van der Waals surface area contributed by atoms with Gasteiger partial charge >= 0.3 is 5.97 Å². The number of hydrogen-bond acceptors (Lipinski definition) is 5. The molecule has 4 nitrogen and oxygen atoms in total. The van der Waals surface area contributed by atoms with E-state index in [0.29, 0.717) is 10.6 Å². The molecule has 0 radical (unpaired) electrons. The number of thiazole rings is 1. The van der Waals surface area contributed by atoms with E-state index in [1.807, 2.05) is 42.7 Å². The predicted octanol–water partition coefficient (Wildman–Crippen LogP) is 5.09. The molecule has 0 aliphatic carbocycles. The van der Waals surface area contributed by atoms with Crippen LogP contribution in [0.4, 0.5) is 0 Å². The highest BCUT2D eigenvalue weighted by atomic mass is 32.1. The molecule has 0 aliphatic rings. The van der Waals surface area contributed by atoms with Gasteiger partial charge < -0.3 is 5.11 Å². The Hall–Kier alpha value is -2.57. The lowest BCUT2D eigenvalue weighted by Crippen LogP contribution is -1.94. The van der Waals surface area contributed by atoms with Crippen LogP contribution in [0.2, 0.25) is 0 Å². The summed E-state index contributed by atoms with van der Waals surface area (Å²) in [5, 5.41) is 12.2. The molecule has 0 amide bonds. The van der Waals surface area contributed by atoms with Gasteiger partial charge in [-0.2, -0.15) is 0 Å². The number of aromatic carboxylic acids is 1. The van der Waals surface area contributed by atoms with Crippen LogP contribution in [0, 0.1) is 6.92 Å². The Balaban J connectivity index is 1.80. The summed E-state index contributed by atoms with van der Waals surface area (Å²) >= 11 is 2.82. The van der Waals surface area contributed by atoms with Crippen LogP contribution in [0.15, 0.2) is 48.8 Å². The highest BCUT2D eigenvalue weighted by molar-refractivity contribution is 7.24. The quantitative estimate of drug-likeness (QED) is 0.557. The van der Waals surface area contributed by atoms with E-state index in [4.69, 9.17) is 0 Å². The van der Waals surface area contributed by atoms with Crippen LogP contribution in [0.5, 0.6) is 0 Å². The van der Waals surface area contributed by atoms with E-state index in [2.05, 4.69) is 16.0 Å². The second-order valence-electron chi connectivity index (χ2n) is 5.31. The SMILES string of the molecule is Cc1nc(-c2ccc(-c3cncc4ccccc34)s2)sc1C(=O)O. The van der Waals surface area contributed by atoms with Crippen LogP contribution >= 0.6 is 22.7 Å². The maximum atomic E-state index is 11.2. The fraction of sp³-hybridized carbons (Fsp3) is 0.0556. The number of thiophene rings is 1. The minimum absolute atomic E-state index is 0.298. The molecule has 4 rings (SSSR count). The molecule has 1 N–H and O–H groups in total. The summed E-state index contributed by atoms with van der Waals surface area (Å²) < 4.78 is 0. The largest absolute Gasteiger partial charge is 0.477 e. The van der Waals surface area contributed by atoms with Crippen molar-refractivity contribution in [1.82, 2.24) is 9.97 Å². The summed E-state index contributed by atoms with van der Waals surface area (Å²) in [6.07, 6.45) is 3.73. The van der Waals surface area contributed by atoms with Gasteiger partial charge in [0.05, 0.1) is 10.6 Å². The molecular formula is C18H12N2O2S2. The fourth-order valence-electron chi connectivity index (χ4n) is 2.61. The van der Waals surface area contributed by atoms with Crippen LogP contribution < -0.4 is 0 Å². The van der Waals surface area contributed by atoms with Crippen molar-refractivity contribution in [2.75, 3.05) is 0 Å². The standard InChI is InChI=1S/C18H12N2O2S2/c1-10-16(18(21)22)24-17(20-10)15-7-6-14(23-15)13-9-19-8-11-4-2-3-5-12(11)13/h2-9H,1H3,(H,21,22). The summed E-state index contributed by atoms with van der Waals surface area (Å²) in [6.45, 7) is 1.73. The Morgan fingerprint density at radius 1 is 1.04 bits per heavy atom. The van der Waals surface area contributed by atoms with Crippen molar-refractivity contribution in [3.05, 3.63) is 59.4 Å². The van der Waals surface area contributed by atoms with Crippen LogP contribution in [0.25, 0.3) is 31.1 Å². The van der Waals surface area contributed by atoms with E-state index in [1.165, 1.54) is 11.3 Å². The first-order valence-corrected chi connectivity index (χ1v) is 8.91. The average Bonchev–Trinajstić information content (AvgIpc) is 3.21. The first kappa shape index (κ1) is 15.0. The molecule has 0 fully saturated rings. The molecule has 118 valence electrons. The number of carboxylic acid groups (broad SMARTS) is 1. The molecule has 4 aromatic rings. The monoisotopic (exact) mass is 352 g/mol. The van der Waals surface area contributed by atoms with Crippen molar-refractivity contribution in [2.24, 2.45) is 0 Å². The minimum atomic E-state index is -0.925. The van der Waals surface area contributed by atoms with Gasteiger partial charge in [0.15, 0.2) is 0 Å². The smallest absolute Gasteiger partial charge is 0.347 e. The van der Waals surface area contributed by atoms with Crippen LogP contribution in [0.3, 0.4) is 0 Å². The van der Waals surface area contributed by atoms with Gasteiger partial charge in [0.1, 0.15) is 9.88 Å². The third kappa shape index (κ3) is 2.50. The van der Waals surface area contributed by atoms with E-state index in [0.717, 1.165) is 31.1 Å². The summed E-state index contributed by atoms with van der Waals surface area (Å²) in [5.74, 6) is -0.925. The highest BCUT2D eigenvalue weighted by Crippen LogP contribution is 2.39. The van der Waals surface area contributed by atoms with Crippen molar-refractivity contribution >= 4 is 39.4 Å². The third-order valence-electron chi connectivity index (χ3n) is 3.74. The van der Waals surface area contributed by atoms with Crippen molar-refractivity contribution in [3.63, 3.8) is 0 Å². The molecule has 0 spiro atoms. The number of benzene rings is 1. The number of aryl methyl sites for hydroxylation is 1. The Kier molecular flexibility index (Phi) is 3.63. The Morgan fingerprint density at radius 2 is 1.83 bits per heavy atom. The zero-order chi connectivity index (χ0) is 16.7. The molecule has 0 unspecified atom stereocenters. The topological polar surface area (TPSA) is 63.1 Å². The number of carbonyl (C=O) groups is 1. The number of rotatable bonds is 3. The summed E-state index contributed by atoms with van der Waals surface area (Å²) in [6, 6.07) is 12.2. The van der Waals surface area contributed by atoms with E-state index in [-0.39, 0.29) is 0 Å². The van der Waals surface area contributed by atoms with E-state index < -0.39 is 5.97 Å². The minimum Gasteiger partial charge on any atom is -0.477 e. The van der Waals surface area contributed by atoms with Crippen molar-refractivity contribution in [2.45, 2.75) is 6.92 Å². The van der Waals surface area contributed by atoms with E-state index >= 15 is 0 Å². The molecular weight excluding hydrogens is 340 g/mol. The number of hydrogen-bond donors (Lipinski definition) is 1. The van der Waals surface area contributed by atoms with Crippen LogP contribution in [0.1, 0.15) is 15.4 Å². The molecule has 0 bridgehead atoms. The van der Waals surface area contributed by atoms with E-state index in [1.54, 1.807) is 18.3 Å². The van der Waals surface area contributed by atoms with Gasteiger partial charge in [0.2, 0.25) is 0 Å². The normalized spacial score (nSPS) is 11.0. The fourth-order valence-corrected chi connectivity index (χ4v) is 4.60. The summed E-state index contributed by atoms with van der Waals surface area (Å²) in [4.78, 5) is 22.3. The predicted molar refractivity (Wildman–Crippen MR) is 97.9 cm³/mol. The maximum Gasteiger partial charge on any atom is 0.347 e. The van der Waals surface area contributed by atoms with Crippen molar-refractivity contribution in [1.29, 1.82) is 0 Å². The second kappa shape index (κ2) is 5.81. The maximum absolute atomic E-state index is 11.2. The van der Waals surface area contributed by atoms with Gasteiger partial charge in [-0.1, -0.05) is 24.3 Å². The number of carboxylic acids is 1. The van der Waals surface area contributed by atoms with E-state index in [9.17, 15) is 9.90 Å². The summed E-state index contributed by atoms with van der Waals surface area (Å²) in [7, 11) is 0. The first-order valence-electron chi connectivity index (χ1n) is 7.27. The lowest BCUT2D eigenvalue weighted by Gasteiger charge is -2.03. The molecule has 0 saturated heterocycles. The number of fused-ring (bicyclic) bond motifs is 1. The lowest BCUT2D eigenvalue weighted by molar-refractivity contribution is 0.0701. The van der Waals surface area contributed by atoms with Gasteiger partial charge in [0.25, 0.3) is 0 Å². The lowest BCUT2D eigenvalue weighted by atomic mass is 10.1. The molecule has 0 aliphatic heterocycles. The first-order chi connectivity index (χ1) is 11.6. The zero-order valence-corrected chi connectivity index (χ0v) is 14.3. The molecule has 6 heteroatoms. The van der Waals surface area contributed by atoms with Crippen molar-refractivity contribution < 1.29 is 9.90 Å². The molecule has 24 heavy (non-hydrogen) atoms. The Morgan fingerprint density at radius 3 is 2.62 bits per heavy atom. The highest BCUT2D eigenvalue weighted by Gasteiger charge is 2.17. The zero-order valence-electron chi connectivity index (χ0n) is 12.7. The van der Waals surface area contributed by atoms with Crippen molar-refractivity contribution in [3.8, 4) is 20.3 Å². The van der Waals surface area contributed by atoms with Gasteiger partial charge in [-0.15, -0.1) is 22.7 Å². The van der Waals surface area contributed by atoms with Crippen LogP contribution in [-0.4, -0.2) is 21.0 Å².